The van der Waals surface area contributed by atoms with Crippen LogP contribution in [0.4, 0.5) is 0 Å². The highest BCUT2D eigenvalue weighted by Gasteiger charge is 2.20. The minimum atomic E-state index is -0.995. The maximum atomic E-state index is 12.6. The molecule has 0 bridgehead atoms. The third-order valence-electron chi connectivity index (χ3n) is 3.87. The van der Waals surface area contributed by atoms with Gasteiger partial charge in [0.1, 0.15) is 5.75 Å². The van der Waals surface area contributed by atoms with Gasteiger partial charge in [0.2, 0.25) is 5.91 Å². The molecule has 1 N–H and O–H groups in total. The van der Waals surface area contributed by atoms with E-state index in [0.29, 0.717) is 18.6 Å². The molecule has 23 heavy (non-hydrogen) atoms. The van der Waals surface area contributed by atoms with Crippen LogP contribution in [0.3, 0.4) is 0 Å². The van der Waals surface area contributed by atoms with Crippen LogP contribution >= 0.6 is 0 Å². The second kappa shape index (κ2) is 8.37. The van der Waals surface area contributed by atoms with Gasteiger partial charge < -0.3 is 9.87 Å². The summed E-state index contributed by atoms with van der Waals surface area (Å²) in [5.74, 6) is 0.718. The zero-order valence-corrected chi connectivity index (χ0v) is 14.9. The topological polar surface area (TPSA) is 52.2 Å². The third-order valence-corrected chi connectivity index (χ3v) is 5.52. The van der Waals surface area contributed by atoms with Crippen molar-refractivity contribution >= 4 is 27.9 Å². The molecule has 2 unspecified atom stereocenters. The Balaban J connectivity index is 2.40. The molecular weight excluding hydrogens is 306 g/mol. The van der Waals surface area contributed by atoms with Crippen molar-refractivity contribution in [3.05, 3.63) is 42.0 Å². The van der Waals surface area contributed by atoms with E-state index in [1.807, 2.05) is 45.0 Å². The molecule has 0 aliphatic rings. The predicted octanol–water partition coefficient (Wildman–Crippen LogP) is 3.81. The first-order chi connectivity index (χ1) is 11.1. The van der Waals surface area contributed by atoms with E-state index < -0.39 is 11.2 Å². The summed E-state index contributed by atoms with van der Waals surface area (Å²) in [5.41, 5.74) is 1.10. The summed E-state index contributed by atoms with van der Waals surface area (Å²) in [6.45, 7) is 5.90. The minimum Gasteiger partial charge on any atom is -0.611 e. The Kier molecular flexibility index (Phi) is 6.48. The van der Waals surface area contributed by atoms with Crippen LogP contribution in [0, 0.1) is 0 Å². The van der Waals surface area contributed by atoms with Gasteiger partial charge in [-0.3, -0.25) is 4.79 Å². The van der Waals surface area contributed by atoms with Crippen molar-refractivity contribution in [2.75, 3.05) is 5.75 Å². The molecule has 2 aromatic rings. The number of carbonyl (C=O) groups excluding carboxylic acids is 1. The highest BCUT2D eigenvalue weighted by atomic mass is 32.2. The van der Waals surface area contributed by atoms with Gasteiger partial charge in [-0.15, -0.1) is 0 Å². The van der Waals surface area contributed by atoms with Crippen LogP contribution in [0.15, 0.2) is 41.3 Å². The van der Waals surface area contributed by atoms with Crippen molar-refractivity contribution < 1.29 is 9.35 Å². The minimum absolute atomic E-state index is 0.0191. The fourth-order valence-corrected chi connectivity index (χ4v) is 4.05. The van der Waals surface area contributed by atoms with E-state index in [1.165, 1.54) is 0 Å². The van der Waals surface area contributed by atoms with E-state index in [2.05, 4.69) is 17.4 Å². The fourth-order valence-electron chi connectivity index (χ4n) is 2.77. The quantitative estimate of drug-likeness (QED) is 0.784. The van der Waals surface area contributed by atoms with Crippen molar-refractivity contribution in [2.45, 2.75) is 51.0 Å². The standard InChI is InChI=1S/C19H25NO2S/c1-4-12-23(22)18-11-10-15-8-6-7-9-16(15)17(18)13-14(3)20-19(21)5-2/h6-11,14H,4-5,12-13H2,1-3H3,(H,20,21). The van der Waals surface area contributed by atoms with Gasteiger partial charge in [0.25, 0.3) is 0 Å². The lowest BCUT2D eigenvalue weighted by molar-refractivity contribution is -0.121. The Morgan fingerprint density at radius 3 is 2.65 bits per heavy atom. The number of fused-ring (bicyclic) bond motifs is 1. The molecule has 0 saturated carbocycles. The van der Waals surface area contributed by atoms with Crippen molar-refractivity contribution in [1.29, 1.82) is 0 Å². The van der Waals surface area contributed by atoms with Gasteiger partial charge in [0.05, 0.1) is 0 Å². The molecule has 124 valence electrons. The first-order valence-electron chi connectivity index (χ1n) is 8.25. The maximum absolute atomic E-state index is 12.6. The van der Waals surface area contributed by atoms with Gasteiger partial charge in [0.15, 0.2) is 4.90 Å². The van der Waals surface area contributed by atoms with Crippen LogP contribution < -0.4 is 5.32 Å². The number of rotatable bonds is 7. The largest absolute Gasteiger partial charge is 0.611 e. The monoisotopic (exact) mass is 331 g/mol. The molecule has 0 spiro atoms. The number of hydrogen-bond acceptors (Lipinski definition) is 2. The Morgan fingerprint density at radius 1 is 1.22 bits per heavy atom. The molecular formula is C19H25NO2S. The fraction of sp³-hybridized carbons (Fsp3) is 0.421. The van der Waals surface area contributed by atoms with E-state index in [1.54, 1.807) is 0 Å². The summed E-state index contributed by atoms with van der Waals surface area (Å²) in [6, 6.07) is 12.2. The van der Waals surface area contributed by atoms with Gasteiger partial charge in [-0.2, -0.15) is 0 Å². The second-order valence-corrected chi connectivity index (χ2v) is 7.38. The smallest absolute Gasteiger partial charge is 0.219 e. The van der Waals surface area contributed by atoms with Crippen LogP contribution in [0.5, 0.6) is 0 Å². The molecule has 0 aliphatic heterocycles. The van der Waals surface area contributed by atoms with Crippen LogP contribution in [-0.4, -0.2) is 22.3 Å². The molecule has 0 saturated heterocycles. The van der Waals surface area contributed by atoms with E-state index in [9.17, 15) is 9.35 Å². The number of amides is 1. The van der Waals surface area contributed by atoms with Crippen LogP contribution in [-0.2, 0) is 22.4 Å². The van der Waals surface area contributed by atoms with E-state index in [0.717, 1.165) is 27.7 Å². The predicted molar refractivity (Wildman–Crippen MR) is 97.1 cm³/mol. The number of carbonyl (C=O) groups is 1. The Labute approximate surface area is 141 Å². The summed E-state index contributed by atoms with van der Waals surface area (Å²) in [5, 5.41) is 5.28. The Hall–Kier alpha value is -1.52. The second-order valence-electron chi connectivity index (χ2n) is 5.84. The average Bonchev–Trinajstić information content (AvgIpc) is 2.55. The lowest BCUT2D eigenvalue weighted by Crippen LogP contribution is -2.33. The molecule has 2 atom stereocenters. The molecule has 2 rings (SSSR count). The number of nitrogens with one attached hydrogen (secondary N) is 1. The van der Waals surface area contributed by atoms with Gasteiger partial charge in [-0.25, -0.2) is 0 Å². The van der Waals surface area contributed by atoms with E-state index >= 15 is 0 Å². The van der Waals surface area contributed by atoms with Gasteiger partial charge >= 0.3 is 0 Å². The first kappa shape index (κ1) is 17.8. The highest BCUT2D eigenvalue weighted by Crippen LogP contribution is 2.28. The highest BCUT2D eigenvalue weighted by molar-refractivity contribution is 7.91. The zero-order valence-electron chi connectivity index (χ0n) is 14.1. The molecule has 1 amide bonds. The van der Waals surface area contributed by atoms with Crippen molar-refractivity contribution in [2.24, 2.45) is 0 Å². The van der Waals surface area contributed by atoms with E-state index in [4.69, 9.17) is 0 Å². The van der Waals surface area contributed by atoms with Gasteiger partial charge in [-0.1, -0.05) is 38.1 Å². The van der Waals surface area contributed by atoms with Crippen LogP contribution in [0.1, 0.15) is 39.2 Å². The summed E-state index contributed by atoms with van der Waals surface area (Å²) >= 11 is -0.995. The number of benzene rings is 2. The van der Waals surface area contributed by atoms with Crippen molar-refractivity contribution in [3.8, 4) is 0 Å². The van der Waals surface area contributed by atoms with E-state index in [-0.39, 0.29) is 11.9 Å². The molecule has 0 heterocycles. The SMILES string of the molecule is CCC[S+]([O-])c1ccc2ccccc2c1CC(C)NC(=O)CC. The van der Waals surface area contributed by atoms with Gasteiger partial charge in [-0.05, 0) is 53.8 Å². The third kappa shape index (κ3) is 4.49. The molecule has 0 aliphatic carbocycles. The molecule has 0 aromatic heterocycles. The average molecular weight is 331 g/mol. The molecule has 0 radical (unpaired) electrons. The van der Waals surface area contributed by atoms with Gasteiger partial charge in [0, 0.05) is 18.0 Å². The van der Waals surface area contributed by atoms with Crippen molar-refractivity contribution in [1.82, 2.24) is 5.32 Å². The summed E-state index contributed by atoms with van der Waals surface area (Å²) in [6.07, 6.45) is 2.06. The lowest BCUT2D eigenvalue weighted by atomic mass is 9.99. The summed E-state index contributed by atoms with van der Waals surface area (Å²) in [7, 11) is 0. The first-order valence-corrected chi connectivity index (χ1v) is 9.57. The molecule has 2 aromatic carbocycles. The van der Waals surface area contributed by atoms with Crippen LogP contribution in [0.25, 0.3) is 10.8 Å². The van der Waals surface area contributed by atoms with Crippen molar-refractivity contribution in [3.63, 3.8) is 0 Å². The molecule has 4 heteroatoms. The normalized spacial score (nSPS) is 13.7. The Morgan fingerprint density at radius 2 is 1.96 bits per heavy atom. The lowest BCUT2D eigenvalue weighted by Gasteiger charge is -2.19. The molecule has 3 nitrogen and oxygen atoms in total. The Bertz CT molecular complexity index is 671. The van der Waals surface area contributed by atoms with Crippen LogP contribution in [0.2, 0.25) is 0 Å². The zero-order chi connectivity index (χ0) is 16.8. The maximum Gasteiger partial charge on any atom is 0.219 e. The summed E-state index contributed by atoms with van der Waals surface area (Å²) < 4.78 is 12.6. The summed E-state index contributed by atoms with van der Waals surface area (Å²) in [4.78, 5) is 12.5. The molecule has 0 fully saturated rings. The number of hydrogen-bond donors (Lipinski definition) is 1.